The van der Waals surface area contributed by atoms with Crippen molar-refractivity contribution in [2.75, 3.05) is 19.0 Å². The van der Waals surface area contributed by atoms with E-state index in [1.54, 1.807) is 13.3 Å². The van der Waals surface area contributed by atoms with E-state index in [4.69, 9.17) is 22.7 Å². The molecule has 1 rings (SSSR count). The summed E-state index contributed by atoms with van der Waals surface area (Å²) in [6.07, 6.45) is 1.72. The molecule has 1 atom stereocenters. The van der Waals surface area contributed by atoms with Crippen LogP contribution in [0.1, 0.15) is 19.4 Å². The maximum Gasteiger partial charge on any atom is 0.136 e. The first kappa shape index (κ1) is 13.9. The van der Waals surface area contributed by atoms with Crippen molar-refractivity contribution in [3.05, 3.63) is 23.9 Å². The Balaban J connectivity index is 2.88. The molecule has 0 fully saturated rings. The van der Waals surface area contributed by atoms with Gasteiger partial charge in [-0.05, 0) is 18.1 Å². The van der Waals surface area contributed by atoms with Crippen LogP contribution in [-0.2, 0) is 4.74 Å². The van der Waals surface area contributed by atoms with Gasteiger partial charge in [0.2, 0.25) is 0 Å². The molecule has 0 amide bonds. The molecule has 0 aromatic carbocycles. The molecule has 1 heterocycles. The summed E-state index contributed by atoms with van der Waals surface area (Å²) in [6.45, 7) is 4.87. The van der Waals surface area contributed by atoms with E-state index >= 15 is 0 Å². The number of thiocarbonyl (C=S) groups is 1. The Morgan fingerprint density at radius 3 is 2.82 bits per heavy atom. The van der Waals surface area contributed by atoms with Gasteiger partial charge in [0, 0.05) is 13.3 Å². The number of nitrogens with one attached hydrogen (secondary N) is 1. The Labute approximate surface area is 108 Å². The molecule has 0 saturated carbocycles. The van der Waals surface area contributed by atoms with Gasteiger partial charge in [0.05, 0.1) is 18.2 Å². The second-order valence-electron chi connectivity index (χ2n) is 4.21. The third kappa shape index (κ3) is 3.94. The van der Waals surface area contributed by atoms with Crippen molar-refractivity contribution in [2.24, 2.45) is 11.7 Å². The fourth-order valence-corrected chi connectivity index (χ4v) is 1.64. The molecule has 0 saturated heterocycles. The summed E-state index contributed by atoms with van der Waals surface area (Å²) >= 11 is 5.00. The van der Waals surface area contributed by atoms with Gasteiger partial charge in [0.25, 0.3) is 0 Å². The van der Waals surface area contributed by atoms with Gasteiger partial charge in [-0.2, -0.15) is 0 Å². The largest absolute Gasteiger partial charge is 0.389 e. The summed E-state index contributed by atoms with van der Waals surface area (Å²) in [4.78, 5) is 4.62. The number of pyridine rings is 1. The summed E-state index contributed by atoms with van der Waals surface area (Å²) in [6, 6.07) is 3.87. The van der Waals surface area contributed by atoms with E-state index in [-0.39, 0.29) is 6.04 Å². The predicted molar refractivity (Wildman–Crippen MR) is 74.2 cm³/mol. The van der Waals surface area contributed by atoms with Gasteiger partial charge in [0.15, 0.2) is 0 Å². The van der Waals surface area contributed by atoms with E-state index in [9.17, 15) is 0 Å². The van der Waals surface area contributed by atoms with Crippen molar-refractivity contribution in [1.29, 1.82) is 0 Å². The summed E-state index contributed by atoms with van der Waals surface area (Å²) in [7, 11) is 1.68. The number of aromatic nitrogens is 1. The zero-order chi connectivity index (χ0) is 12.8. The van der Waals surface area contributed by atoms with Gasteiger partial charge in [-0.1, -0.05) is 26.1 Å². The Hall–Kier alpha value is -1.20. The molecule has 0 aliphatic rings. The van der Waals surface area contributed by atoms with Gasteiger partial charge in [-0.25, -0.2) is 4.98 Å². The van der Waals surface area contributed by atoms with E-state index < -0.39 is 0 Å². The fraction of sp³-hybridized carbons (Fsp3) is 0.500. The molecule has 0 radical (unpaired) electrons. The Kier molecular flexibility index (Phi) is 5.31. The van der Waals surface area contributed by atoms with E-state index in [0.717, 1.165) is 11.4 Å². The van der Waals surface area contributed by atoms with Crippen LogP contribution in [0.15, 0.2) is 18.3 Å². The number of hydrogen-bond donors (Lipinski definition) is 2. The van der Waals surface area contributed by atoms with Crippen LogP contribution in [0.4, 0.5) is 5.82 Å². The van der Waals surface area contributed by atoms with Crippen LogP contribution in [-0.4, -0.2) is 29.7 Å². The topological polar surface area (TPSA) is 60.2 Å². The van der Waals surface area contributed by atoms with Gasteiger partial charge in [-0.3, -0.25) is 0 Å². The van der Waals surface area contributed by atoms with Crippen molar-refractivity contribution in [3.8, 4) is 0 Å². The Morgan fingerprint density at radius 2 is 2.29 bits per heavy atom. The minimum atomic E-state index is 0.183. The summed E-state index contributed by atoms with van der Waals surface area (Å²) in [5.41, 5.74) is 6.43. The lowest BCUT2D eigenvalue weighted by Gasteiger charge is -2.23. The lowest BCUT2D eigenvalue weighted by molar-refractivity contribution is 0.171. The van der Waals surface area contributed by atoms with Gasteiger partial charge in [-0.15, -0.1) is 0 Å². The fourth-order valence-electron chi connectivity index (χ4n) is 1.48. The Bertz CT molecular complexity index is 382. The summed E-state index contributed by atoms with van der Waals surface area (Å²) < 4.78 is 5.18. The van der Waals surface area contributed by atoms with Crippen LogP contribution in [0.3, 0.4) is 0 Å². The number of nitrogens with zero attached hydrogens (tertiary/aromatic N) is 1. The number of rotatable bonds is 6. The zero-order valence-electron chi connectivity index (χ0n) is 10.4. The molecular weight excluding hydrogens is 234 g/mol. The highest BCUT2D eigenvalue weighted by molar-refractivity contribution is 7.80. The van der Waals surface area contributed by atoms with Crippen molar-refractivity contribution in [2.45, 2.75) is 19.9 Å². The SMILES string of the molecule is COCC(Nc1ncccc1C(N)=S)C(C)C. The first-order valence-corrected chi connectivity index (χ1v) is 5.97. The molecule has 4 nitrogen and oxygen atoms in total. The summed E-state index contributed by atoms with van der Waals surface area (Å²) in [5, 5.41) is 3.33. The second-order valence-corrected chi connectivity index (χ2v) is 4.65. The highest BCUT2D eigenvalue weighted by Crippen LogP contribution is 2.15. The van der Waals surface area contributed by atoms with Gasteiger partial charge in [0.1, 0.15) is 10.8 Å². The average molecular weight is 253 g/mol. The highest BCUT2D eigenvalue weighted by Gasteiger charge is 2.15. The lowest BCUT2D eigenvalue weighted by Crippen LogP contribution is -2.32. The van der Waals surface area contributed by atoms with E-state index in [1.165, 1.54) is 0 Å². The molecule has 1 aromatic heterocycles. The van der Waals surface area contributed by atoms with Crippen LogP contribution < -0.4 is 11.1 Å². The van der Waals surface area contributed by atoms with Gasteiger partial charge < -0.3 is 15.8 Å². The molecule has 17 heavy (non-hydrogen) atoms. The number of nitrogens with two attached hydrogens (primary N) is 1. The molecule has 5 heteroatoms. The number of anilines is 1. The van der Waals surface area contributed by atoms with Crippen molar-refractivity contribution < 1.29 is 4.74 Å². The molecule has 0 aliphatic carbocycles. The first-order chi connectivity index (χ1) is 8.06. The zero-order valence-corrected chi connectivity index (χ0v) is 11.3. The predicted octanol–water partition coefficient (Wildman–Crippen LogP) is 1.80. The standard InChI is InChI=1S/C12H19N3OS/c1-8(2)10(7-16-3)15-12-9(11(13)17)5-4-6-14-12/h4-6,8,10H,7H2,1-3H3,(H2,13,17)(H,14,15). The monoisotopic (exact) mass is 253 g/mol. The minimum Gasteiger partial charge on any atom is -0.389 e. The second kappa shape index (κ2) is 6.51. The molecular formula is C12H19N3OS. The third-order valence-corrected chi connectivity index (χ3v) is 2.77. The van der Waals surface area contributed by atoms with Gasteiger partial charge >= 0.3 is 0 Å². The molecule has 3 N–H and O–H groups in total. The molecule has 1 unspecified atom stereocenters. The maximum atomic E-state index is 5.66. The molecule has 94 valence electrons. The number of ether oxygens (including phenoxy) is 1. The summed E-state index contributed by atoms with van der Waals surface area (Å²) in [5.74, 6) is 1.15. The van der Waals surface area contributed by atoms with E-state index in [2.05, 4.69) is 24.1 Å². The van der Waals surface area contributed by atoms with E-state index in [1.807, 2.05) is 12.1 Å². The molecule has 0 bridgehead atoms. The Morgan fingerprint density at radius 1 is 1.59 bits per heavy atom. The van der Waals surface area contributed by atoms with Crippen LogP contribution in [0.25, 0.3) is 0 Å². The molecule has 1 aromatic rings. The van der Waals surface area contributed by atoms with Crippen LogP contribution in [0.2, 0.25) is 0 Å². The van der Waals surface area contributed by atoms with Crippen molar-refractivity contribution in [1.82, 2.24) is 4.98 Å². The quantitative estimate of drug-likeness (QED) is 0.757. The van der Waals surface area contributed by atoms with Crippen LogP contribution >= 0.6 is 12.2 Å². The molecule has 0 spiro atoms. The first-order valence-electron chi connectivity index (χ1n) is 5.56. The third-order valence-electron chi connectivity index (χ3n) is 2.55. The number of methoxy groups -OCH3 is 1. The van der Waals surface area contributed by atoms with Crippen LogP contribution in [0, 0.1) is 5.92 Å². The highest BCUT2D eigenvalue weighted by atomic mass is 32.1. The minimum absolute atomic E-state index is 0.183. The normalized spacial score (nSPS) is 12.5. The van der Waals surface area contributed by atoms with Crippen molar-refractivity contribution in [3.63, 3.8) is 0 Å². The van der Waals surface area contributed by atoms with E-state index in [0.29, 0.717) is 17.5 Å². The average Bonchev–Trinajstić information content (AvgIpc) is 2.28. The van der Waals surface area contributed by atoms with Crippen LogP contribution in [0.5, 0.6) is 0 Å². The molecule has 0 aliphatic heterocycles. The number of hydrogen-bond acceptors (Lipinski definition) is 4. The van der Waals surface area contributed by atoms with Crippen molar-refractivity contribution >= 4 is 23.0 Å². The lowest BCUT2D eigenvalue weighted by atomic mass is 10.1. The smallest absolute Gasteiger partial charge is 0.136 e. The maximum absolute atomic E-state index is 5.66.